The molecule has 0 bridgehead atoms. The van der Waals surface area contributed by atoms with Crippen LogP contribution < -0.4 is 10.6 Å². The van der Waals surface area contributed by atoms with Crippen LogP contribution in [-0.4, -0.2) is 16.0 Å². The molecule has 1 unspecified atom stereocenters. The molecule has 1 aromatic heterocycles. The van der Waals surface area contributed by atoms with Gasteiger partial charge in [0.1, 0.15) is 11.3 Å². The first-order valence-corrected chi connectivity index (χ1v) is 11.2. The van der Waals surface area contributed by atoms with Gasteiger partial charge in [-0.2, -0.15) is 0 Å². The van der Waals surface area contributed by atoms with Crippen LogP contribution in [-0.2, 0) is 0 Å². The van der Waals surface area contributed by atoms with E-state index in [1.807, 2.05) is 18.2 Å². The molecule has 1 heterocycles. The van der Waals surface area contributed by atoms with Crippen molar-refractivity contribution in [2.75, 3.05) is 5.32 Å². The number of hydrogen-bond acceptors (Lipinski definition) is 4. The maximum absolute atomic E-state index is 13.2. The highest BCUT2D eigenvalue weighted by molar-refractivity contribution is 7.80. The van der Waals surface area contributed by atoms with Gasteiger partial charge in [0.2, 0.25) is 5.89 Å². The second-order valence-electron chi connectivity index (χ2n) is 7.67. The molecule has 33 heavy (non-hydrogen) atoms. The Labute approximate surface area is 201 Å². The molecule has 4 aromatic rings. The van der Waals surface area contributed by atoms with E-state index in [1.165, 1.54) is 11.6 Å². The first-order valence-electron chi connectivity index (χ1n) is 10.4. The van der Waals surface area contributed by atoms with E-state index < -0.39 is 11.7 Å². The van der Waals surface area contributed by atoms with Crippen molar-refractivity contribution in [3.63, 3.8) is 0 Å². The van der Waals surface area contributed by atoms with Gasteiger partial charge < -0.3 is 9.73 Å². The van der Waals surface area contributed by atoms with Gasteiger partial charge >= 0.3 is 0 Å². The Morgan fingerprint density at radius 1 is 1.15 bits per heavy atom. The van der Waals surface area contributed by atoms with Crippen LogP contribution in [0.1, 0.15) is 42.1 Å². The highest BCUT2D eigenvalue weighted by Gasteiger charge is 2.14. The molecular formula is C25H21ClFN3O2S. The minimum absolute atomic E-state index is 0.00857. The maximum atomic E-state index is 13.2. The number of nitrogens with zero attached hydrogens (tertiary/aromatic N) is 1. The number of thiocarbonyl (C=S) groups is 1. The van der Waals surface area contributed by atoms with Gasteiger partial charge in [-0.3, -0.25) is 10.1 Å². The summed E-state index contributed by atoms with van der Waals surface area (Å²) >= 11 is 11.1. The molecular weight excluding hydrogens is 461 g/mol. The molecule has 1 amide bonds. The second kappa shape index (κ2) is 9.68. The number of carbonyl (C=O) groups is 1. The van der Waals surface area contributed by atoms with Crippen LogP contribution in [0.4, 0.5) is 10.1 Å². The van der Waals surface area contributed by atoms with Crippen molar-refractivity contribution in [1.82, 2.24) is 10.3 Å². The fourth-order valence-corrected chi connectivity index (χ4v) is 3.78. The third-order valence-corrected chi connectivity index (χ3v) is 5.90. The Bertz CT molecular complexity index is 1340. The fraction of sp³-hybridized carbons (Fsp3) is 0.160. The Kier molecular flexibility index (Phi) is 6.72. The molecule has 0 aliphatic heterocycles. The maximum Gasteiger partial charge on any atom is 0.258 e. The Morgan fingerprint density at radius 2 is 1.91 bits per heavy atom. The molecule has 3 aromatic carbocycles. The second-order valence-corrected chi connectivity index (χ2v) is 8.48. The van der Waals surface area contributed by atoms with Crippen molar-refractivity contribution in [1.29, 1.82) is 0 Å². The van der Waals surface area contributed by atoms with Crippen molar-refractivity contribution in [2.24, 2.45) is 0 Å². The lowest BCUT2D eigenvalue weighted by molar-refractivity contribution is 0.0978. The number of oxazole rings is 1. The van der Waals surface area contributed by atoms with Crippen LogP contribution in [0.3, 0.4) is 0 Å². The van der Waals surface area contributed by atoms with Crippen molar-refractivity contribution in [3.05, 3.63) is 82.6 Å². The third kappa shape index (κ3) is 5.21. The first kappa shape index (κ1) is 22.9. The lowest BCUT2D eigenvalue weighted by Gasteiger charge is -2.10. The van der Waals surface area contributed by atoms with Gasteiger partial charge in [0, 0.05) is 11.3 Å². The number of rotatable bonds is 5. The topological polar surface area (TPSA) is 67.2 Å². The number of aromatic nitrogens is 1. The van der Waals surface area contributed by atoms with Gasteiger partial charge in [-0.1, -0.05) is 31.5 Å². The van der Waals surface area contributed by atoms with Crippen molar-refractivity contribution >= 4 is 51.6 Å². The van der Waals surface area contributed by atoms with E-state index in [-0.39, 0.29) is 15.7 Å². The number of anilines is 1. The molecule has 0 saturated heterocycles. The van der Waals surface area contributed by atoms with Gasteiger partial charge in [0.25, 0.3) is 5.91 Å². The molecule has 0 aliphatic carbocycles. The first-order chi connectivity index (χ1) is 15.8. The third-order valence-electron chi connectivity index (χ3n) is 5.39. The summed E-state index contributed by atoms with van der Waals surface area (Å²) in [6.07, 6.45) is 1.06. The van der Waals surface area contributed by atoms with E-state index in [9.17, 15) is 9.18 Å². The van der Waals surface area contributed by atoms with Crippen LogP contribution in [0.5, 0.6) is 0 Å². The zero-order valence-electron chi connectivity index (χ0n) is 18.0. The molecule has 0 spiro atoms. The Morgan fingerprint density at radius 3 is 2.61 bits per heavy atom. The summed E-state index contributed by atoms with van der Waals surface area (Å²) in [6, 6.07) is 16.9. The Hall–Kier alpha value is -3.29. The largest absolute Gasteiger partial charge is 0.436 e. The summed E-state index contributed by atoms with van der Waals surface area (Å²) in [6.45, 7) is 4.35. The molecule has 5 nitrogen and oxygen atoms in total. The van der Waals surface area contributed by atoms with Crippen molar-refractivity contribution in [3.8, 4) is 11.5 Å². The van der Waals surface area contributed by atoms with Crippen LogP contribution in [0.2, 0.25) is 5.02 Å². The average molecular weight is 482 g/mol. The normalized spacial score (nSPS) is 11.9. The van der Waals surface area contributed by atoms with Crippen molar-refractivity contribution in [2.45, 2.75) is 26.2 Å². The van der Waals surface area contributed by atoms with Crippen LogP contribution in [0.15, 0.2) is 65.1 Å². The van der Waals surface area contributed by atoms with Gasteiger partial charge in [0.15, 0.2) is 10.7 Å². The van der Waals surface area contributed by atoms with E-state index in [2.05, 4.69) is 41.6 Å². The number of nitrogens with one attached hydrogen (secondary N) is 2. The minimum atomic E-state index is -0.530. The summed E-state index contributed by atoms with van der Waals surface area (Å²) in [5, 5.41) is 5.57. The van der Waals surface area contributed by atoms with Gasteiger partial charge in [-0.05, 0) is 84.7 Å². The predicted molar refractivity (Wildman–Crippen MR) is 133 cm³/mol. The van der Waals surface area contributed by atoms with Crippen LogP contribution in [0.25, 0.3) is 22.6 Å². The van der Waals surface area contributed by atoms with E-state index in [0.717, 1.165) is 35.2 Å². The number of halogens is 2. The summed E-state index contributed by atoms with van der Waals surface area (Å²) in [5.41, 5.74) is 4.42. The zero-order valence-corrected chi connectivity index (χ0v) is 19.6. The molecule has 1 atom stereocenters. The number of benzene rings is 3. The number of fused-ring (bicyclic) bond motifs is 1. The van der Waals surface area contributed by atoms with Crippen LogP contribution in [0, 0.1) is 5.82 Å². The lowest BCUT2D eigenvalue weighted by atomic mass is 9.98. The lowest BCUT2D eigenvalue weighted by Crippen LogP contribution is -2.34. The van der Waals surface area contributed by atoms with E-state index >= 15 is 0 Å². The van der Waals surface area contributed by atoms with Gasteiger partial charge in [0.05, 0.1) is 10.6 Å². The quantitative estimate of drug-likeness (QED) is 0.302. The molecule has 2 N–H and O–H groups in total. The van der Waals surface area contributed by atoms with E-state index in [4.69, 9.17) is 28.2 Å². The van der Waals surface area contributed by atoms with Crippen LogP contribution >= 0.6 is 23.8 Å². The number of carbonyl (C=O) groups excluding carboxylic acids is 1. The van der Waals surface area contributed by atoms with Gasteiger partial charge in [-0.25, -0.2) is 9.37 Å². The molecule has 0 fully saturated rings. The number of hydrogen-bond donors (Lipinski definition) is 2. The summed E-state index contributed by atoms with van der Waals surface area (Å²) in [4.78, 5) is 17.0. The highest BCUT2D eigenvalue weighted by atomic mass is 35.5. The summed E-state index contributed by atoms with van der Waals surface area (Å²) in [5.74, 6) is -0.0624. The van der Waals surface area contributed by atoms with E-state index in [1.54, 1.807) is 12.1 Å². The fourth-order valence-electron chi connectivity index (χ4n) is 3.31. The summed E-state index contributed by atoms with van der Waals surface area (Å²) < 4.78 is 19.1. The average Bonchev–Trinajstić information content (AvgIpc) is 3.22. The standard InChI is InChI=1S/C25H21ClFN3O2S/c1-3-14(2)16-6-11-22-21(12-16)29-24(32-22)15-4-8-18(9-5-15)28-25(33)30-23(31)19-10-7-17(27)13-20(19)26/h4-14H,3H2,1-2H3,(H2,28,30,31,33). The SMILES string of the molecule is CCC(C)c1ccc2oc(-c3ccc(NC(=S)NC(=O)c4ccc(F)cc4Cl)cc3)nc2c1. The molecule has 168 valence electrons. The summed E-state index contributed by atoms with van der Waals surface area (Å²) in [7, 11) is 0. The van der Waals surface area contributed by atoms with Crippen molar-refractivity contribution < 1.29 is 13.6 Å². The highest BCUT2D eigenvalue weighted by Crippen LogP contribution is 2.28. The minimum Gasteiger partial charge on any atom is -0.436 e. The molecule has 0 aliphatic rings. The zero-order chi connectivity index (χ0) is 23.5. The monoisotopic (exact) mass is 481 g/mol. The predicted octanol–water partition coefficient (Wildman–Crippen LogP) is 6.93. The molecule has 4 rings (SSSR count). The van der Waals surface area contributed by atoms with E-state index in [0.29, 0.717) is 17.5 Å². The Balaban J connectivity index is 1.43. The molecule has 0 saturated carbocycles. The molecule has 0 radical (unpaired) electrons. The smallest absolute Gasteiger partial charge is 0.258 e. The van der Waals surface area contributed by atoms with Gasteiger partial charge in [-0.15, -0.1) is 0 Å². The number of amides is 1. The molecule has 8 heteroatoms.